The summed E-state index contributed by atoms with van der Waals surface area (Å²) in [6, 6.07) is 32.5. The van der Waals surface area contributed by atoms with Gasteiger partial charge in [-0.25, -0.2) is 0 Å². The summed E-state index contributed by atoms with van der Waals surface area (Å²) in [5.41, 5.74) is 6.62. The van der Waals surface area contributed by atoms with Gasteiger partial charge in [0.25, 0.3) is 0 Å². The molecule has 0 saturated carbocycles. The Balaban J connectivity index is 0.00000484. The molecule has 5 heteroatoms. The van der Waals surface area contributed by atoms with Gasteiger partial charge < -0.3 is 9.47 Å². The van der Waals surface area contributed by atoms with E-state index in [1.54, 1.807) is 0 Å². The Labute approximate surface area is 253 Å². The molecule has 0 saturated heterocycles. The number of hydrogen-bond acceptors (Lipinski definition) is 4. The maximum Gasteiger partial charge on any atom is 0.119 e. The summed E-state index contributed by atoms with van der Waals surface area (Å²) in [6.45, 7) is 11.6. The van der Waals surface area contributed by atoms with Crippen LogP contribution in [0.15, 0.2) is 120 Å². The van der Waals surface area contributed by atoms with Crippen molar-refractivity contribution in [1.29, 1.82) is 0 Å². The summed E-state index contributed by atoms with van der Waals surface area (Å²) in [6.07, 6.45) is 8.56. The molecule has 0 amide bonds. The minimum atomic E-state index is 0. The van der Waals surface area contributed by atoms with E-state index < -0.39 is 0 Å². The van der Waals surface area contributed by atoms with Crippen LogP contribution in [0.3, 0.4) is 0 Å². The highest BCUT2D eigenvalue weighted by atomic mass is 31.1. The molecule has 2 atom stereocenters. The van der Waals surface area contributed by atoms with Crippen molar-refractivity contribution < 1.29 is 9.47 Å². The summed E-state index contributed by atoms with van der Waals surface area (Å²) in [7, 11) is 0.514. The molecule has 4 rings (SSSR count). The predicted molar refractivity (Wildman–Crippen MR) is 184 cm³/mol. The molecule has 4 aromatic rings. The number of ether oxygens (including phenoxy) is 2. The van der Waals surface area contributed by atoms with Crippen LogP contribution in [-0.4, -0.2) is 25.1 Å². The summed E-state index contributed by atoms with van der Waals surface area (Å²) in [4.78, 5) is 4.64. The molecule has 4 aromatic carbocycles. The molecule has 4 nitrogen and oxygen atoms in total. The lowest BCUT2D eigenvalue weighted by molar-refractivity contribution is 0.306. The fourth-order valence-electron chi connectivity index (χ4n) is 3.86. The van der Waals surface area contributed by atoms with Crippen LogP contribution in [0.25, 0.3) is 12.2 Å². The summed E-state index contributed by atoms with van der Waals surface area (Å²) in [5.74, 6) is 2.16. The molecule has 0 bridgehead atoms. The predicted octanol–water partition coefficient (Wildman–Crippen LogP) is 9.53. The minimum absolute atomic E-state index is 0. The van der Waals surface area contributed by atoms with Gasteiger partial charge in [0.05, 0.1) is 0 Å². The summed E-state index contributed by atoms with van der Waals surface area (Å²) < 4.78 is 16.4. The highest BCUT2D eigenvalue weighted by Gasteiger charge is 2.01. The van der Waals surface area contributed by atoms with Gasteiger partial charge in [0.1, 0.15) is 24.7 Å². The Morgan fingerprint density at radius 1 is 0.643 bits per heavy atom. The maximum absolute atomic E-state index is 5.90. The van der Waals surface area contributed by atoms with Crippen LogP contribution in [0.1, 0.15) is 47.7 Å². The van der Waals surface area contributed by atoms with Crippen LogP contribution in [-0.2, 0) is 13.2 Å². The second-order valence-electron chi connectivity index (χ2n) is 9.83. The fourth-order valence-corrected chi connectivity index (χ4v) is 4.65. The highest BCUT2D eigenvalue weighted by molar-refractivity contribution is 7.36. The number of hydrogen-bond donors (Lipinski definition) is 0. The Bertz CT molecular complexity index is 1430. The molecule has 0 aromatic heterocycles. The van der Waals surface area contributed by atoms with E-state index in [9.17, 15) is 0 Å². The van der Waals surface area contributed by atoms with Crippen molar-refractivity contribution in [3.63, 3.8) is 0 Å². The Morgan fingerprint density at radius 3 is 1.52 bits per heavy atom. The minimum Gasteiger partial charge on any atom is -0.489 e. The average molecular weight is 577 g/mol. The van der Waals surface area contributed by atoms with E-state index in [0.29, 0.717) is 27.9 Å². The Morgan fingerprint density at radius 2 is 1.07 bits per heavy atom. The van der Waals surface area contributed by atoms with E-state index in [1.165, 1.54) is 0 Å². The second-order valence-corrected chi connectivity index (χ2v) is 10.8. The topological polar surface area (TPSA) is 43.2 Å². The Hall–Kier alpha value is -4.27. The standard InChI is InChI=1S/C36H37N2O2P.CH4/c1-4-29-6-10-33(11-7-29)25-39-35-18-14-31(15-19-35)23-37-22-28(3)27-41-38-24-32-16-20-36(21-17-32)40-26-34-12-8-30(5-2)9-13-34;/h4-21,23-24,28,41H,1-2,22,25-27H2,3H3;1H4/b37-23?,38-24+;. The van der Waals surface area contributed by atoms with E-state index in [4.69, 9.17) is 9.47 Å². The molecule has 0 radical (unpaired) electrons. The fraction of sp³-hybridized carbons (Fsp3) is 0.189. The van der Waals surface area contributed by atoms with Crippen molar-refractivity contribution in [3.8, 4) is 11.5 Å². The molecule has 42 heavy (non-hydrogen) atoms. The van der Waals surface area contributed by atoms with Gasteiger partial charge in [0, 0.05) is 27.7 Å². The third-order valence-electron chi connectivity index (χ3n) is 6.40. The molecule has 0 aliphatic carbocycles. The van der Waals surface area contributed by atoms with Gasteiger partial charge in [-0.15, -0.1) is 0 Å². The van der Waals surface area contributed by atoms with E-state index in [1.807, 2.05) is 97.4 Å². The average Bonchev–Trinajstić information content (AvgIpc) is 3.03. The van der Waals surface area contributed by atoms with Gasteiger partial charge in [0.2, 0.25) is 0 Å². The summed E-state index contributed by atoms with van der Waals surface area (Å²) >= 11 is 0. The first-order chi connectivity index (χ1) is 20.1. The zero-order chi connectivity index (χ0) is 28.7. The molecular formula is C37H41N2O2P. The van der Waals surface area contributed by atoms with Crippen molar-refractivity contribution in [2.45, 2.75) is 27.6 Å². The molecule has 0 aliphatic heterocycles. The summed E-state index contributed by atoms with van der Waals surface area (Å²) in [5, 5.41) is 0. The quantitative estimate of drug-likeness (QED) is 0.104. The molecule has 0 heterocycles. The molecule has 2 unspecified atom stereocenters. The number of rotatable bonds is 15. The lowest BCUT2D eigenvalue weighted by Crippen LogP contribution is -2.01. The number of nitrogens with zero attached hydrogens (tertiary/aromatic N) is 2. The number of aliphatic imine (C=N–C) groups is 1. The van der Waals surface area contributed by atoms with Gasteiger partial charge in [0.15, 0.2) is 0 Å². The van der Waals surface area contributed by atoms with Crippen molar-refractivity contribution >= 4 is 33.3 Å². The lowest BCUT2D eigenvalue weighted by Gasteiger charge is -2.07. The van der Waals surface area contributed by atoms with Crippen LogP contribution < -0.4 is 9.47 Å². The molecule has 0 N–H and O–H groups in total. The van der Waals surface area contributed by atoms with E-state index >= 15 is 0 Å². The first kappa shape index (κ1) is 32.2. The number of benzene rings is 4. The molecule has 216 valence electrons. The first-order valence-electron chi connectivity index (χ1n) is 13.8. The lowest BCUT2D eigenvalue weighted by atomic mass is 10.1. The van der Waals surface area contributed by atoms with Crippen LogP contribution in [0.5, 0.6) is 11.5 Å². The van der Waals surface area contributed by atoms with E-state index in [-0.39, 0.29) is 7.43 Å². The SMILES string of the molecule is C.C=Cc1ccc(COc2ccc(C=NCC(C)CP/N=C/c3ccc(OCc4ccc(C=C)cc4)cc3)cc2)cc1. The van der Waals surface area contributed by atoms with E-state index in [0.717, 1.165) is 57.6 Å². The van der Waals surface area contributed by atoms with Crippen LogP contribution in [0, 0.1) is 5.92 Å². The van der Waals surface area contributed by atoms with E-state index in [2.05, 4.69) is 54.1 Å². The largest absolute Gasteiger partial charge is 0.489 e. The molecule has 0 fully saturated rings. The zero-order valence-corrected chi connectivity index (χ0v) is 24.6. The van der Waals surface area contributed by atoms with Crippen molar-refractivity contribution in [3.05, 3.63) is 144 Å². The van der Waals surface area contributed by atoms with Crippen LogP contribution >= 0.6 is 8.73 Å². The van der Waals surface area contributed by atoms with Gasteiger partial charge in [-0.3, -0.25) is 9.76 Å². The highest BCUT2D eigenvalue weighted by Crippen LogP contribution is 2.19. The van der Waals surface area contributed by atoms with Crippen molar-refractivity contribution in [2.24, 2.45) is 15.7 Å². The zero-order valence-electron chi connectivity index (χ0n) is 23.6. The molecular weight excluding hydrogens is 535 g/mol. The maximum atomic E-state index is 5.90. The van der Waals surface area contributed by atoms with Gasteiger partial charge in [-0.2, -0.15) is 0 Å². The third-order valence-corrected chi connectivity index (χ3v) is 7.60. The monoisotopic (exact) mass is 576 g/mol. The van der Waals surface area contributed by atoms with Gasteiger partial charge >= 0.3 is 0 Å². The van der Waals surface area contributed by atoms with Crippen LogP contribution in [0.4, 0.5) is 0 Å². The van der Waals surface area contributed by atoms with Crippen molar-refractivity contribution in [2.75, 3.05) is 12.7 Å². The van der Waals surface area contributed by atoms with Crippen LogP contribution in [0.2, 0.25) is 0 Å². The first-order valence-corrected chi connectivity index (χ1v) is 14.9. The molecule has 0 aliphatic rings. The normalized spacial score (nSPS) is 11.9. The van der Waals surface area contributed by atoms with Gasteiger partial charge in [-0.05, 0) is 94.0 Å². The molecule has 0 spiro atoms. The van der Waals surface area contributed by atoms with Gasteiger partial charge in [-0.1, -0.05) is 88.2 Å². The Kier molecular flexibility index (Phi) is 13.5. The second kappa shape index (κ2) is 17.5. The smallest absolute Gasteiger partial charge is 0.119 e. The van der Waals surface area contributed by atoms with Crippen molar-refractivity contribution in [1.82, 2.24) is 0 Å². The third kappa shape index (κ3) is 11.0.